The third-order valence-electron chi connectivity index (χ3n) is 5.36. The van der Waals surface area contributed by atoms with Gasteiger partial charge in [0.25, 0.3) is 0 Å². The van der Waals surface area contributed by atoms with E-state index in [1.807, 2.05) is 32.0 Å². The lowest BCUT2D eigenvalue weighted by Gasteiger charge is -2.31. The van der Waals surface area contributed by atoms with Crippen LogP contribution in [0.4, 0.5) is 10.5 Å². The van der Waals surface area contributed by atoms with Crippen molar-refractivity contribution in [3.63, 3.8) is 0 Å². The van der Waals surface area contributed by atoms with Crippen LogP contribution in [-0.2, 0) is 18.4 Å². The molecule has 0 fully saturated rings. The van der Waals surface area contributed by atoms with Gasteiger partial charge in [-0.3, -0.25) is 0 Å². The zero-order valence-electron chi connectivity index (χ0n) is 17.2. The molecule has 1 aliphatic heterocycles. The number of nitrogens with one attached hydrogen (secondary N) is 1. The summed E-state index contributed by atoms with van der Waals surface area (Å²) in [7, 11) is 3.04. The molecule has 0 unspecified atom stereocenters. The molecule has 0 bridgehead atoms. The van der Waals surface area contributed by atoms with Gasteiger partial charge in [0.2, 0.25) is 11.8 Å². The summed E-state index contributed by atoms with van der Waals surface area (Å²) >= 11 is 0. The molecule has 1 atom stereocenters. The summed E-state index contributed by atoms with van der Waals surface area (Å²) in [6.45, 7) is 5.09. The van der Waals surface area contributed by atoms with Crippen molar-refractivity contribution in [1.29, 1.82) is 5.26 Å². The Hall–Kier alpha value is -3.34. The Balaban J connectivity index is 1.99. The molecule has 3 rings (SSSR count). The van der Waals surface area contributed by atoms with Gasteiger partial charge in [-0.15, -0.1) is 0 Å². The quantitative estimate of drug-likeness (QED) is 0.772. The van der Waals surface area contributed by atoms with Gasteiger partial charge in [0.15, 0.2) is 0 Å². The second-order valence-electron chi connectivity index (χ2n) is 6.91. The number of anilines is 1. The normalized spacial score (nSPS) is 15.0. The topological polar surface area (TPSA) is 100 Å². The van der Waals surface area contributed by atoms with E-state index in [9.17, 15) is 10.1 Å². The largest absolute Gasteiger partial charge is 0.481 e. The van der Waals surface area contributed by atoms with Crippen LogP contribution in [0.1, 0.15) is 37.2 Å². The van der Waals surface area contributed by atoms with E-state index in [1.165, 1.54) is 14.2 Å². The maximum atomic E-state index is 12.2. The van der Waals surface area contributed by atoms with E-state index in [0.29, 0.717) is 43.5 Å². The zero-order valence-corrected chi connectivity index (χ0v) is 17.2. The number of aromatic nitrogens is 2. The average molecular weight is 395 g/mol. The lowest BCUT2D eigenvalue weighted by Crippen LogP contribution is -2.38. The highest BCUT2D eigenvalue weighted by molar-refractivity contribution is 5.92. The zero-order chi connectivity index (χ0) is 21.0. The predicted octanol–water partition coefficient (Wildman–Crippen LogP) is 3.28. The number of rotatable bonds is 7. The molecule has 1 aliphatic rings. The van der Waals surface area contributed by atoms with Crippen molar-refractivity contribution in [3.05, 3.63) is 41.2 Å². The number of hydrogen-bond acceptors (Lipinski definition) is 6. The van der Waals surface area contributed by atoms with Crippen molar-refractivity contribution in [2.75, 3.05) is 26.1 Å². The van der Waals surface area contributed by atoms with Crippen LogP contribution in [-0.4, -0.2) is 41.7 Å². The van der Waals surface area contributed by atoms with Crippen molar-refractivity contribution in [2.45, 2.75) is 38.6 Å². The fourth-order valence-corrected chi connectivity index (χ4v) is 3.48. The van der Waals surface area contributed by atoms with Crippen LogP contribution in [0.2, 0.25) is 0 Å². The Labute approximate surface area is 170 Å². The van der Waals surface area contributed by atoms with Gasteiger partial charge in [0.1, 0.15) is 5.82 Å². The molecule has 0 saturated heterocycles. The Kier molecular flexibility index (Phi) is 5.87. The number of urea groups is 1. The molecule has 2 amide bonds. The highest BCUT2D eigenvalue weighted by Gasteiger charge is 2.34. The van der Waals surface area contributed by atoms with E-state index in [0.717, 1.165) is 16.8 Å². The smallest absolute Gasteiger partial charge is 0.322 e. The minimum atomic E-state index is -0.848. The molecule has 1 N–H and O–H groups in total. The van der Waals surface area contributed by atoms with Gasteiger partial charge >= 0.3 is 6.03 Å². The Bertz CT molecular complexity index is 934. The molecular formula is C21H25N5O3. The minimum Gasteiger partial charge on any atom is -0.481 e. The van der Waals surface area contributed by atoms with E-state index < -0.39 is 5.41 Å². The lowest BCUT2D eigenvalue weighted by molar-refractivity contribution is 0.210. The maximum absolute atomic E-state index is 12.2. The molecule has 2 heterocycles. The first kappa shape index (κ1) is 20.4. The third-order valence-corrected chi connectivity index (χ3v) is 5.36. The first-order valence-corrected chi connectivity index (χ1v) is 9.55. The van der Waals surface area contributed by atoms with Crippen molar-refractivity contribution < 1.29 is 14.3 Å². The number of carbonyl (C=O) groups is 1. The molecule has 0 aliphatic carbocycles. The van der Waals surface area contributed by atoms with Gasteiger partial charge in [0, 0.05) is 25.2 Å². The highest BCUT2D eigenvalue weighted by Crippen LogP contribution is 2.35. The van der Waals surface area contributed by atoms with Gasteiger partial charge in [0.05, 0.1) is 31.8 Å². The molecule has 152 valence electrons. The number of hydrogen-bond donors (Lipinski definition) is 1. The van der Waals surface area contributed by atoms with Gasteiger partial charge in [-0.25, -0.2) is 4.79 Å². The second kappa shape index (κ2) is 8.35. The standard InChI is InChI=1S/C21H25N5O3/c1-5-21(13-22,11-17-24-18(28-3)10-19(25-17)29-4)15-8-7-14-12-26(6-2)20(27)23-16(14)9-15/h7-10H,5-6,11-12H2,1-4H3,(H,23,27)/t21-/m1/s1. The summed E-state index contributed by atoms with van der Waals surface area (Å²) in [6, 6.07) is 9.74. The van der Waals surface area contributed by atoms with Crippen LogP contribution in [0.3, 0.4) is 0 Å². The van der Waals surface area contributed by atoms with Gasteiger partial charge < -0.3 is 19.7 Å². The van der Waals surface area contributed by atoms with Gasteiger partial charge in [-0.1, -0.05) is 19.1 Å². The summed E-state index contributed by atoms with van der Waals surface area (Å²) < 4.78 is 10.5. The van der Waals surface area contributed by atoms with E-state index in [2.05, 4.69) is 21.4 Å². The first-order valence-electron chi connectivity index (χ1n) is 9.55. The second-order valence-corrected chi connectivity index (χ2v) is 6.91. The SMILES string of the molecule is CCN1Cc2ccc([C@](C#N)(CC)Cc3nc(OC)cc(OC)n3)cc2NC1=O. The monoisotopic (exact) mass is 395 g/mol. The van der Waals surface area contributed by atoms with Crippen LogP contribution in [0.5, 0.6) is 11.8 Å². The number of amides is 2. The van der Waals surface area contributed by atoms with E-state index in [4.69, 9.17) is 9.47 Å². The number of benzene rings is 1. The highest BCUT2D eigenvalue weighted by atomic mass is 16.5. The number of nitriles is 1. The Morgan fingerprint density at radius 2 is 1.90 bits per heavy atom. The third kappa shape index (κ3) is 3.94. The van der Waals surface area contributed by atoms with Crippen LogP contribution in [0.25, 0.3) is 0 Å². The van der Waals surface area contributed by atoms with Gasteiger partial charge in [-0.05, 0) is 30.5 Å². The van der Waals surface area contributed by atoms with Crippen LogP contribution in [0.15, 0.2) is 24.3 Å². The molecule has 2 aromatic rings. The molecule has 0 spiro atoms. The fourth-order valence-electron chi connectivity index (χ4n) is 3.48. The summed E-state index contributed by atoms with van der Waals surface area (Å²) in [6.07, 6.45) is 0.849. The number of nitrogens with zero attached hydrogens (tertiary/aromatic N) is 4. The van der Waals surface area contributed by atoms with Crippen molar-refractivity contribution in [2.24, 2.45) is 0 Å². The average Bonchev–Trinajstić information content (AvgIpc) is 2.76. The van der Waals surface area contributed by atoms with Crippen LogP contribution in [0, 0.1) is 11.3 Å². The molecule has 8 heteroatoms. The Morgan fingerprint density at radius 1 is 1.21 bits per heavy atom. The molecular weight excluding hydrogens is 370 g/mol. The van der Waals surface area contributed by atoms with E-state index in [1.54, 1.807) is 11.0 Å². The molecule has 0 saturated carbocycles. The van der Waals surface area contributed by atoms with Crippen molar-refractivity contribution in [3.8, 4) is 17.8 Å². The van der Waals surface area contributed by atoms with Gasteiger partial charge in [-0.2, -0.15) is 15.2 Å². The summed E-state index contributed by atoms with van der Waals surface area (Å²) in [4.78, 5) is 22.7. The van der Waals surface area contributed by atoms with E-state index >= 15 is 0 Å². The first-order chi connectivity index (χ1) is 14.0. The summed E-state index contributed by atoms with van der Waals surface area (Å²) in [5.41, 5.74) is 1.74. The summed E-state index contributed by atoms with van der Waals surface area (Å²) in [5.74, 6) is 1.22. The predicted molar refractivity (Wildman–Crippen MR) is 108 cm³/mol. The van der Waals surface area contributed by atoms with Crippen LogP contribution >= 0.6 is 0 Å². The van der Waals surface area contributed by atoms with E-state index in [-0.39, 0.29) is 6.03 Å². The molecule has 29 heavy (non-hydrogen) atoms. The molecule has 1 aromatic carbocycles. The maximum Gasteiger partial charge on any atom is 0.322 e. The number of ether oxygens (including phenoxy) is 2. The molecule has 8 nitrogen and oxygen atoms in total. The number of methoxy groups -OCH3 is 2. The minimum absolute atomic E-state index is 0.128. The van der Waals surface area contributed by atoms with Crippen molar-refractivity contribution in [1.82, 2.24) is 14.9 Å². The Morgan fingerprint density at radius 3 is 2.45 bits per heavy atom. The molecule has 0 radical (unpaired) electrons. The van der Waals surface area contributed by atoms with Crippen molar-refractivity contribution >= 4 is 11.7 Å². The molecule has 1 aromatic heterocycles. The summed E-state index contributed by atoms with van der Waals surface area (Å²) in [5, 5.41) is 13.0. The fraction of sp³-hybridized carbons (Fsp3) is 0.429. The number of fused-ring (bicyclic) bond motifs is 1. The lowest BCUT2D eigenvalue weighted by atomic mass is 9.76. The van der Waals surface area contributed by atoms with Crippen LogP contribution < -0.4 is 14.8 Å². The number of carbonyl (C=O) groups excluding carboxylic acids is 1.